The lowest BCUT2D eigenvalue weighted by Crippen LogP contribution is -2.32. The molecule has 41 heavy (non-hydrogen) atoms. The topological polar surface area (TPSA) is 162 Å². The molecule has 220 valence electrons. The summed E-state index contributed by atoms with van der Waals surface area (Å²) in [6, 6.07) is 9.50. The molecule has 0 fully saturated rings. The van der Waals surface area contributed by atoms with Crippen LogP contribution in [0.3, 0.4) is 0 Å². The summed E-state index contributed by atoms with van der Waals surface area (Å²) in [6.45, 7) is 4.76. The number of hydrogen-bond donors (Lipinski definition) is 3. The molecular formula is C26H30FN5O7S2. The van der Waals surface area contributed by atoms with Crippen molar-refractivity contribution in [1.29, 1.82) is 5.41 Å². The minimum Gasteiger partial charge on any atom is -0.497 e. The van der Waals surface area contributed by atoms with Gasteiger partial charge in [0, 0.05) is 7.05 Å². The van der Waals surface area contributed by atoms with Crippen molar-refractivity contribution >= 4 is 49.8 Å². The van der Waals surface area contributed by atoms with Crippen molar-refractivity contribution in [2.24, 2.45) is 0 Å². The normalized spacial score (nSPS) is 11.5. The summed E-state index contributed by atoms with van der Waals surface area (Å²) >= 11 is 0.899. The van der Waals surface area contributed by atoms with E-state index in [4.69, 9.17) is 14.9 Å². The summed E-state index contributed by atoms with van der Waals surface area (Å²) in [4.78, 5) is 28.7. The van der Waals surface area contributed by atoms with Crippen LogP contribution in [0.1, 0.15) is 43.2 Å². The van der Waals surface area contributed by atoms with Crippen LogP contribution in [-0.4, -0.2) is 61.1 Å². The number of benzene rings is 2. The van der Waals surface area contributed by atoms with E-state index in [2.05, 4.69) is 10.3 Å². The fourth-order valence-electron chi connectivity index (χ4n) is 3.39. The molecule has 0 radical (unpaired) electrons. The van der Waals surface area contributed by atoms with E-state index in [1.54, 1.807) is 45.0 Å². The first-order chi connectivity index (χ1) is 19.1. The number of hydrogen-bond acceptors (Lipinski definition) is 10. The second-order valence-electron chi connectivity index (χ2n) is 9.70. The molecule has 1 amide bonds. The summed E-state index contributed by atoms with van der Waals surface area (Å²) < 4.78 is 54.4. The van der Waals surface area contributed by atoms with Crippen molar-refractivity contribution < 1.29 is 37.1 Å². The predicted molar refractivity (Wildman–Crippen MR) is 151 cm³/mol. The zero-order chi connectivity index (χ0) is 30.5. The summed E-state index contributed by atoms with van der Waals surface area (Å²) in [5.74, 6) is -2.55. The first-order valence-corrected chi connectivity index (χ1v) is 14.4. The molecule has 0 spiro atoms. The fourth-order valence-corrected chi connectivity index (χ4v) is 5.87. The summed E-state index contributed by atoms with van der Waals surface area (Å²) in [7, 11) is -1.85. The van der Waals surface area contributed by atoms with Crippen molar-refractivity contribution in [3.63, 3.8) is 0 Å². The number of aromatic nitrogens is 1. The number of hydroxylamine groups is 2. The van der Waals surface area contributed by atoms with Gasteiger partial charge < -0.3 is 14.8 Å². The first kappa shape index (κ1) is 31.4. The van der Waals surface area contributed by atoms with Crippen molar-refractivity contribution in [2.75, 3.05) is 23.8 Å². The van der Waals surface area contributed by atoms with Crippen LogP contribution in [0.2, 0.25) is 0 Å². The number of carbonyl (C=O) groups excluding carboxylic acids is 2. The zero-order valence-corrected chi connectivity index (χ0v) is 24.6. The number of methoxy groups -OCH3 is 1. The van der Waals surface area contributed by atoms with Gasteiger partial charge in [-0.05, 0) is 56.7 Å². The number of carbonyl (C=O) groups is 2. The molecule has 0 bridgehead atoms. The zero-order valence-electron chi connectivity index (χ0n) is 23.0. The summed E-state index contributed by atoms with van der Waals surface area (Å²) in [5, 5.41) is 19.4. The Labute approximate surface area is 240 Å². The van der Waals surface area contributed by atoms with E-state index >= 15 is 4.39 Å². The summed E-state index contributed by atoms with van der Waals surface area (Å²) in [5.41, 5.74) is 0.440. The number of esters is 1. The molecule has 15 heteroatoms. The molecule has 3 aromatic rings. The average molecular weight is 608 g/mol. The number of amidine groups is 1. The van der Waals surface area contributed by atoms with E-state index in [0.717, 1.165) is 40.9 Å². The van der Waals surface area contributed by atoms with Crippen LogP contribution in [0.5, 0.6) is 5.75 Å². The van der Waals surface area contributed by atoms with E-state index in [1.165, 1.54) is 12.6 Å². The van der Waals surface area contributed by atoms with Crippen LogP contribution in [0.25, 0.3) is 0 Å². The number of nitrogens with zero attached hydrogens (tertiary/aromatic N) is 3. The number of halogens is 1. The van der Waals surface area contributed by atoms with Gasteiger partial charge in [-0.2, -0.15) is 0 Å². The highest BCUT2D eigenvalue weighted by Crippen LogP contribution is 2.34. The van der Waals surface area contributed by atoms with Crippen molar-refractivity contribution in [3.8, 4) is 5.75 Å². The second-order valence-corrected chi connectivity index (χ2v) is 12.4. The molecule has 0 aliphatic rings. The monoisotopic (exact) mass is 607 g/mol. The maximum atomic E-state index is 15.0. The van der Waals surface area contributed by atoms with E-state index in [-0.39, 0.29) is 22.9 Å². The maximum Gasteiger partial charge on any atom is 0.360 e. The van der Waals surface area contributed by atoms with Gasteiger partial charge in [-0.1, -0.05) is 12.1 Å². The lowest BCUT2D eigenvalue weighted by Gasteiger charge is -2.25. The highest BCUT2D eigenvalue weighted by Gasteiger charge is 2.33. The van der Waals surface area contributed by atoms with Gasteiger partial charge in [0.15, 0.2) is 5.69 Å². The SMILES string of the molecule is COc1ccc(CN(c2scnc2C(=O)OC(C)(C)C)S(=O)(=O)c2ccc(NC(=O)CC(=N)N(C)O)c(F)c2)cc1. The Morgan fingerprint density at radius 2 is 1.83 bits per heavy atom. The second kappa shape index (κ2) is 12.6. The molecule has 0 saturated carbocycles. The van der Waals surface area contributed by atoms with E-state index in [1.807, 2.05) is 0 Å². The van der Waals surface area contributed by atoms with Crippen LogP contribution in [0, 0.1) is 11.2 Å². The van der Waals surface area contributed by atoms with Crippen LogP contribution < -0.4 is 14.4 Å². The Kier molecular flexibility index (Phi) is 9.68. The molecule has 1 heterocycles. The molecule has 0 saturated heterocycles. The third kappa shape index (κ3) is 7.99. The summed E-state index contributed by atoms with van der Waals surface area (Å²) in [6.07, 6.45) is -0.541. The quantitative estimate of drug-likeness (QED) is 0.132. The van der Waals surface area contributed by atoms with Crippen LogP contribution in [0.15, 0.2) is 52.9 Å². The average Bonchev–Trinajstić information content (AvgIpc) is 3.37. The number of anilines is 2. The van der Waals surface area contributed by atoms with Gasteiger partial charge in [-0.15, -0.1) is 11.3 Å². The van der Waals surface area contributed by atoms with E-state index in [9.17, 15) is 23.2 Å². The van der Waals surface area contributed by atoms with E-state index in [0.29, 0.717) is 16.4 Å². The van der Waals surface area contributed by atoms with Gasteiger partial charge >= 0.3 is 5.97 Å². The smallest absolute Gasteiger partial charge is 0.360 e. The van der Waals surface area contributed by atoms with Crippen molar-refractivity contribution in [1.82, 2.24) is 10.0 Å². The van der Waals surface area contributed by atoms with Gasteiger partial charge in [0.2, 0.25) is 5.91 Å². The first-order valence-electron chi connectivity index (χ1n) is 12.0. The molecule has 2 aromatic carbocycles. The fraction of sp³-hybridized carbons (Fsp3) is 0.308. The Hall–Kier alpha value is -4.08. The van der Waals surface area contributed by atoms with Gasteiger partial charge in [-0.3, -0.25) is 19.7 Å². The van der Waals surface area contributed by atoms with Gasteiger partial charge in [-0.25, -0.2) is 27.6 Å². The molecule has 3 rings (SSSR count). The molecule has 12 nitrogen and oxygen atoms in total. The van der Waals surface area contributed by atoms with Crippen LogP contribution in [-0.2, 0) is 26.1 Å². The van der Waals surface area contributed by atoms with Crippen molar-refractivity contribution in [2.45, 2.75) is 44.2 Å². The minimum absolute atomic E-state index is 0.0282. The van der Waals surface area contributed by atoms with E-state index < -0.39 is 50.5 Å². The Morgan fingerprint density at radius 1 is 1.17 bits per heavy atom. The number of nitrogens with one attached hydrogen (secondary N) is 2. The molecule has 0 aliphatic heterocycles. The number of rotatable bonds is 10. The third-order valence-electron chi connectivity index (χ3n) is 5.37. The predicted octanol–water partition coefficient (Wildman–Crippen LogP) is 4.27. The number of sulfonamides is 1. The largest absolute Gasteiger partial charge is 0.497 e. The molecule has 0 unspecified atom stereocenters. The van der Waals surface area contributed by atoms with Crippen molar-refractivity contribution in [3.05, 3.63) is 65.0 Å². The molecule has 1 aromatic heterocycles. The highest BCUT2D eigenvalue weighted by molar-refractivity contribution is 7.93. The Morgan fingerprint density at radius 3 is 2.39 bits per heavy atom. The third-order valence-corrected chi connectivity index (χ3v) is 8.08. The lowest BCUT2D eigenvalue weighted by molar-refractivity contribution is -0.115. The molecule has 0 atom stereocenters. The van der Waals surface area contributed by atoms with Gasteiger partial charge in [0.05, 0.1) is 36.2 Å². The van der Waals surface area contributed by atoms with Crippen LogP contribution >= 0.6 is 11.3 Å². The maximum absolute atomic E-state index is 15.0. The molecular weight excluding hydrogens is 577 g/mol. The highest BCUT2D eigenvalue weighted by atomic mass is 32.2. The molecule has 0 aliphatic carbocycles. The van der Waals surface area contributed by atoms with Gasteiger partial charge in [0.1, 0.15) is 28.0 Å². The number of thiazole rings is 1. The number of amides is 1. The Balaban J connectivity index is 2.01. The standard InChI is InChI=1S/C26H30FN5O7S2/c1-26(2,3)39-25(34)23-24(40-15-29-23)32(14-16-6-8-17(38-5)9-7-16)41(36,37)18-10-11-20(19(27)12-18)30-22(33)13-21(28)31(4)35/h6-12,15,28,35H,13-14H2,1-5H3,(H,30,33). The number of ether oxygens (including phenoxy) is 2. The lowest BCUT2D eigenvalue weighted by atomic mass is 10.2. The minimum atomic E-state index is -4.50. The van der Waals surface area contributed by atoms with Gasteiger partial charge in [0.25, 0.3) is 10.0 Å². The van der Waals surface area contributed by atoms with Crippen LogP contribution in [0.4, 0.5) is 15.1 Å². The Bertz CT molecular complexity index is 1530. The molecule has 3 N–H and O–H groups in total.